The molecule has 6 nitrogen and oxygen atoms in total. The number of aromatic nitrogens is 3. The van der Waals surface area contributed by atoms with Crippen molar-refractivity contribution in [3.05, 3.63) is 42.4 Å². The maximum Gasteiger partial charge on any atom is 0.336 e. The first-order chi connectivity index (χ1) is 8.79. The van der Waals surface area contributed by atoms with Gasteiger partial charge in [-0.05, 0) is 25.1 Å². The second-order valence-electron chi connectivity index (χ2n) is 3.50. The Kier molecular flexibility index (Phi) is 3.90. The Morgan fingerprint density at radius 2 is 2.50 bits per heavy atom. The van der Waals surface area contributed by atoms with E-state index in [9.17, 15) is 4.79 Å². The molecule has 0 aliphatic carbocycles. The van der Waals surface area contributed by atoms with Gasteiger partial charge in [0.05, 0.1) is 25.0 Å². The van der Waals surface area contributed by atoms with Crippen molar-refractivity contribution < 1.29 is 13.9 Å². The summed E-state index contributed by atoms with van der Waals surface area (Å²) in [4.78, 5) is 15.6. The first-order valence-corrected chi connectivity index (χ1v) is 5.53. The highest BCUT2D eigenvalue weighted by Crippen LogP contribution is 2.10. The summed E-state index contributed by atoms with van der Waals surface area (Å²) in [5.74, 6) is 0.211. The van der Waals surface area contributed by atoms with Crippen LogP contribution in [0.4, 0.5) is 0 Å². The second kappa shape index (κ2) is 5.81. The van der Waals surface area contributed by atoms with Crippen molar-refractivity contribution in [3.8, 4) is 0 Å². The maximum absolute atomic E-state index is 11.8. The van der Waals surface area contributed by atoms with Gasteiger partial charge in [0.2, 0.25) is 0 Å². The van der Waals surface area contributed by atoms with Crippen LogP contribution in [-0.2, 0) is 16.1 Å². The minimum Gasteiger partial charge on any atom is -0.465 e. The predicted molar refractivity (Wildman–Crippen MR) is 63.3 cm³/mol. The van der Waals surface area contributed by atoms with Crippen LogP contribution in [0.2, 0.25) is 0 Å². The monoisotopic (exact) mass is 247 g/mol. The molecule has 94 valence electrons. The van der Waals surface area contributed by atoms with Crippen LogP contribution in [0.25, 0.3) is 6.08 Å². The maximum atomic E-state index is 11.8. The van der Waals surface area contributed by atoms with E-state index in [1.165, 1.54) is 12.7 Å². The third kappa shape index (κ3) is 3.07. The number of nitrogens with zero attached hydrogens (tertiary/aromatic N) is 3. The molecule has 0 bridgehead atoms. The van der Waals surface area contributed by atoms with Crippen molar-refractivity contribution in [3.63, 3.8) is 0 Å². The summed E-state index contributed by atoms with van der Waals surface area (Å²) in [5, 5.41) is 3.95. The number of hydrogen-bond donors (Lipinski definition) is 0. The quantitative estimate of drug-likeness (QED) is 0.591. The number of ether oxygens (including phenoxy) is 1. The number of esters is 1. The van der Waals surface area contributed by atoms with Crippen LogP contribution in [0.1, 0.15) is 12.7 Å². The van der Waals surface area contributed by atoms with Gasteiger partial charge >= 0.3 is 5.97 Å². The van der Waals surface area contributed by atoms with Crippen LogP contribution in [0.3, 0.4) is 0 Å². The van der Waals surface area contributed by atoms with E-state index < -0.39 is 0 Å². The Labute approximate surface area is 104 Å². The molecule has 2 aromatic rings. The van der Waals surface area contributed by atoms with Crippen LogP contribution < -0.4 is 0 Å². The van der Waals surface area contributed by atoms with Gasteiger partial charge in [0, 0.05) is 0 Å². The van der Waals surface area contributed by atoms with Crippen molar-refractivity contribution in [2.24, 2.45) is 0 Å². The molecule has 2 heterocycles. The molecule has 0 aliphatic rings. The highest BCUT2D eigenvalue weighted by molar-refractivity contribution is 5.93. The first-order valence-electron chi connectivity index (χ1n) is 5.53. The summed E-state index contributed by atoms with van der Waals surface area (Å²) in [5.41, 5.74) is 0.456. The van der Waals surface area contributed by atoms with Gasteiger partial charge in [0.25, 0.3) is 0 Å². The zero-order valence-electron chi connectivity index (χ0n) is 9.94. The van der Waals surface area contributed by atoms with Gasteiger partial charge in [-0.15, -0.1) is 0 Å². The van der Waals surface area contributed by atoms with Crippen LogP contribution in [-0.4, -0.2) is 27.3 Å². The third-order valence-electron chi connectivity index (χ3n) is 2.20. The SMILES string of the molecule is CCOC(=O)/C(=C/c1ccco1)Cn1cncn1. The fourth-order valence-electron chi connectivity index (χ4n) is 1.43. The largest absolute Gasteiger partial charge is 0.465 e. The highest BCUT2D eigenvalue weighted by atomic mass is 16.5. The first kappa shape index (κ1) is 12.1. The molecule has 0 aliphatic heterocycles. The molecule has 6 heteroatoms. The van der Waals surface area contributed by atoms with Gasteiger partial charge in [-0.1, -0.05) is 0 Å². The number of hydrogen-bond acceptors (Lipinski definition) is 5. The molecule has 0 aromatic carbocycles. The highest BCUT2D eigenvalue weighted by Gasteiger charge is 2.12. The topological polar surface area (TPSA) is 70.2 Å². The average Bonchev–Trinajstić information content (AvgIpc) is 3.01. The van der Waals surface area contributed by atoms with Gasteiger partial charge in [0.1, 0.15) is 18.4 Å². The lowest BCUT2D eigenvalue weighted by Crippen LogP contribution is -2.13. The van der Waals surface area contributed by atoms with Crippen molar-refractivity contribution in [2.45, 2.75) is 13.5 Å². The Balaban J connectivity index is 2.20. The molecule has 0 radical (unpaired) electrons. The molecule has 18 heavy (non-hydrogen) atoms. The second-order valence-corrected chi connectivity index (χ2v) is 3.50. The molecule has 2 aromatic heterocycles. The average molecular weight is 247 g/mol. The summed E-state index contributed by atoms with van der Waals surface area (Å²) in [6.45, 7) is 2.38. The Hall–Kier alpha value is -2.37. The van der Waals surface area contributed by atoms with Crippen LogP contribution in [0.15, 0.2) is 41.0 Å². The number of carbonyl (C=O) groups excluding carboxylic acids is 1. The minimum atomic E-state index is -0.385. The van der Waals surface area contributed by atoms with E-state index in [1.807, 2.05) is 0 Å². The van der Waals surface area contributed by atoms with Crippen molar-refractivity contribution in [2.75, 3.05) is 6.61 Å². The van der Waals surface area contributed by atoms with Crippen LogP contribution >= 0.6 is 0 Å². The number of furan rings is 1. The lowest BCUT2D eigenvalue weighted by Gasteiger charge is -2.06. The minimum absolute atomic E-state index is 0.291. The van der Waals surface area contributed by atoms with E-state index in [-0.39, 0.29) is 5.97 Å². The lowest BCUT2D eigenvalue weighted by atomic mass is 10.2. The summed E-state index contributed by atoms with van der Waals surface area (Å²) >= 11 is 0. The van der Waals surface area contributed by atoms with Crippen molar-refractivity contribution in [1.82, 2.24) is 14.8 Å². The third-order valence-corrected chi connectivity index (χ3v) is 2.20. The van der Waals surface area contributed by atoms with Gasteiger partial charge in [-0.2, -0.15) is 5.10 Å². The number of rotatable bonds is 5. The molecular weight excluding hydrogens is 234 g/mol. The molecular formula is C12H13N3O3. The smallest absolute Gasteiger partial charge is 0.336 e. The molecule has 0 fully saturated rings. The molecule has 0 spiro atoms. The lowest BCUT2D eigenvalue weighted by molar-refractivity contribution is -0.138. The Morgan fingerprint density at radius 3 is 3.11 bits per heavy atom. The van der Waals surface area contributed by atoms with E-state index in [1.54, 1.807) is 36.1 Å². The van der Waals surface area contributed by atoms with Crippen LogP contribution in [0, 0.1) is 0 Å². The van der Waals surface area contributed by atoms with Gasteiger partial charge in [0.15, 0.2) is 0 Å². The van der Waals surface area contributed by atoms with Gasteiger partial charge in [-0.3, -0.25) is 0 Å². The summed E-state index contributed by atoms with van der Waals surface area (Å²) < 4.78 is 11.7. The molecule has 0 amide bonds. The fraction of sp³-hybridized carbons (Fsp3) is 0.250. The van der Waals surface area contributed by atoms with Crippen molar-refractivity contribution >= 4 is 12.0 Å². The van der Waals surface area contributed by atoms with Gasteiger partial charge in [-0.25, -0.2) is 14.5 Å². The normalized spacial score (nSPS) is 11.5. The number of carbonyl (C=O) groups is 1. The van der Waals surface area contributed by atoms with Gasteiger partial charge < -0.3 is 9.15 Å². The summed E-state index contributed by atoms with van der Waals surface area (Å²) in [6, 6.07) is 3.52. The summed E-state index contributed by atoms with van der Waals surface area (Å²) in [7, 11) is 0. The molecule has 0 N–H and O–H groups in total. The molecule has 0 saturated carbocycles. The fourth-order valence-corrected chi connectivity index (χ4v) is 1.43. The van der Waals surface area contributed by atoms with E-state index in [2.05, 4.69) is 10.1 Å². The molecule has 0 atom stereocenters. The summed E-state index contributed by atoms with van der Waals surface area (Å²) in [6.07, 6.45) is 6.13. The predicted octanol–water partition coefficient (Wildman–Crippen LogP) is 1.52. The molecule has 0 saturated heterocycles. The Bertz CT molecular complexity index is 515. The Morgan fingerprint density at radius 1 is 1.61 bits per heavy atom. The zero-order chi connectivity index (χ0) is 12.8. The van der Waals surface area contributed by atoms with E-state index in [0.717, 1.165) is 0 Å². The molecule has 0 unspecified atom stereocenters. The zero-order valence-corrected chi connectivity index (χ0v) is 9.94. The molecule has 2 rings (SSSR count). The van der Waals surface area contributed by atoms with E-state index in [0.29, 0.717) is 24.5 Å². The van der Waals surface area contributed by atoms with E-state index in [4.69, 9.17) is 9.15 Å². The van der Waals surface area contributed by atoms with E-state index >= 15 is 0 Å². The van der Waals surface area contributed by atoms with Crippen molar-refractivity contribution in [1.29, 1.82) is 0 Å². The van der Waals surface area contributed by atoms with Crippen LogP contribution in [0.5, 0.6) is 0 Å². The standard InChI is InChI=1S/C12H13N3O3/c1-2-17-12(16)10(6-11-4-3-5-18-11)7-15-9-13-8-14-15/h3-6,8-9H,2,7H2,1H3/b10-6+.